The van der Waals surface area contributed by atoms with Crippen LogP contribution < -0.4 is 4.90 Å². The zero-order chi connectivity index (χ0) is 17.3. The molecular weight excluding hydrogens is 348 g/mol. The van der Waals surface area contributed by atoms with Crippen LogP contribution >= 0.6 is 11.3 Å². The van der Waals surface area contributed by atoms with E-state index < -0.39 is 14.8 Å². The Morgan fingerprint density at radius 3 is 2.58 bits per heavy atom. The molecule has 0 saturated carbocycles. The van der Waals surface area contributed by atoms with Gasteiger partial charge in [0.05, 0.1) is 4.92 Å². The molecule has 0 aliphatic carbocycles. The van der Waals surface area contributed by atoms with Gasteiger partial charge in [0.25, 0.3) is 0 Å². The first-order valence-corrected chi connectivity index (χ1v) is 10.1. The molecule has 0 unspecified atom stereocenters. The summed E-state index contributed by atoms with van der Waals surface area (Å²) >= 11 is 1.67. The summed E-state index contributed by atoms with van der Waals surface area (Å²) in [6, 6.07) is 8.49. The molecule has 24 heavy (non-hydrogen) atoms. The summed E-state index contributed by atoms with van der Waals surface area (Å²) in [6.45, 7) is 1.12. The van der Waals surface area contributed by atoms with E-state index in [9.17, 15) is 18.5 Å². The molecule has 0 atom stereocenters. The summed E-state index contributed by atoms with van der Waals surface area (Å²) in [5.74, 6) is 0. The first kappa shape index (κ1) is 16.7. The molecule has 1 aliphatic rings. The number of benzene rings is 1. The fourth-order valence-corrected chi connectivity index (χ4v) is 4.48. The number of nitrogens with zero attached hydrogens (tertiary/aromatic N) is 2. The van der Waals surface area contributed by atoms with Crippen LogP contribution in [0.4, 0.5) is 11.4 Å². The predicted molar refractivity (Wildman–Crippen MR) is 95.3 cm³/mol. The molecule has 1 aliphatic heterocycles. The second-order valence-corrected chi connectivity index (χ2v) is 8.49. The molecule has 0 spiro atoms. The highest BCUT2D eigenvalue weighted by Crippen LogP contribution is 2.37. The van der Waals surface area contributed by atoms with Gasteiger partial charge in [-0.25, -0.2) is 8.42 Å². The number of para-hydroxylation sites is 1. The normalized spacial score (nSPS) is 15.2. The average molecular weight is 364 g/mol. The third-order valence-electron chi connectivity index (χ3n) is 3.95. The Morgan fingerprint density at radius 1 is 1.25 bits per heavy atom. The maximum atomic E-state index is 11.9. The second kappa shape index (κ2) is 6.37. The molecule has 0 amide bonds. The van der Waals surface area contributed by atoms with Crippen LogP contribution in [0.25, 0.3) is 5.57 Å². The van der Waals surface area contributed by atoms with E-state index in [1.165, 1.54) is 16.5 Å². The lowest BCUT2D eigenvalue weighted by molar-refractivity contribution is -0.387. The molecule has 1 aromatic heterocycles. The van der Waals surface area contributed by atoms with Crippen molar-refractivity contribution < 1.29 is 13.3 Å². The highest BCUT2D eigenvalue weighted by atomic mass is 32.2. The van der Waals surface area contributed by atoms with Crippen molar-refractivity contribution >= 4 is 38.1 Å². The smallest absolute Gasteiger partial charge is 0.311 e. The van der Waals surface area contributed by atoms with Crippen molar-refractivity contribution in [3.8, 4) is 0 Å². The maximum absolute atomic E-state index is 11.9. The van der Waals surface area contributed by atoms with Gasteiger partial charge < -0.3 is 4.90 Å². The van der Waals surface area contributed by atoms with Crippen LogP contribution in [-0.2, 0) is 9.84 Å². The third-order valence-corrected chi connectivity index (χ3v) is 6.02. The predicted octanol–water partition coefficient (Wildman–Crippen LogP) is 3.35. The minimum atomic E-state index is -3.67. The quantitative estimate of drug-likeness (QED) is 0.614. The Balaban J connectivity index is 1.98. The van der Waals surface area contributed by atoms with Crippen LogP contribution in [0.5, 0.6) is 0 Å². The second-order valence-electron chi connectivity index (χ2n) is 5.56. The molecule has 0 fully saturated rings. The molecule has 0 radical (unpaired) electrons. The van der Waals surface area contributed by atoms with E-state index >= 15 is 0 Å². The molecule has 6 nitrogen and oxygen atoms in total. The summed E-state index contributed by atoms with van der Waals surface area (Å²) in [5.41, 5.74) is 1.24. The van der Waals surface area contributed by atoms with E-state index in [1.54, 1.807) is 23.5 Å². The van der Waals surface area contributed by atoms with E-state index in [1.807, 2.05) is 22.4 Å². The van der Waals surface area contributed by atoms with Crippen molar-refractivity contribution in [2.45, 2.75) is 11.3 Å². The van der Waals surface area contributed by atoms with Crippen LogP contribution in [0.3, 0.4) is 0 Å². The number of hydrogen-bond acceptors (Lipinski definition) is 6. The summed E-state index contributed by atoms with van der Waals surface area (Å²) in [5, 5.41) is 13.5. The molecule has 0 N–H and O–H groups in total. The Morgan fingerprint density at radius 2 is 2.04 bits per heavy atom. The molecular formula is C16H16N2O4S2. The Labute approximate surface area is 144 Å². The third kappa shape index (κ3) is 3.20. The van der Waals surface area contributed by atoms with Crippen molar-refractivity contribution in [1.29, 1.82) is 0 Å². The molecule has 2 aromatic rings. The highest BCUT2D eigenvalue weighted by Gasteiger charge is 2.29. The molecule has 1 aromatic carbocycles. The van der Waals surface area contributed by atoms with Crippen LogP contribution in [-0.4, -0.2) is 32.7 Å². The standard InChI is InChI=1S/C16H16N2O4S2/c1-24(21,22)15-6-2-4-13(16(15)18(19)20)17-9-7-12(8-10-17)14-5-3-11-23-14/h2-7,11H,8-10H2,1H3. The fourth-order valence-electron chi connectivity index (χ4n) is 2.82. The van der Waals surface area contributed by atoms with Gasteiger partial charge >= 0.3 is 5.69 Å². The Kier molecular flexibility index (Phi) is 4.42. The SMILES string of the molecule is CS(=O)(=O)c1cccc(N2CC=C(c3cccs3)CC2)c1[N+](=O)[O-]. The first-order valence-electron chi connectivity index (χ1n) is 7.33. The number of thiophene rings is 1. The number of nitro benzene ring substituents is 1. The largest absolute Gasteiger partial charge is 0.362 e. The topological polar surface area (TPSA) is 80.5 Å². The van der Waals surface area contributed by atoms with Gasteiger partial charge in [-0.05, 0) is 35.6 Å². The fraction of sp³-hybridized carbons (Fsp3) is 0.250. The molecule has 0 bridgehead atoms. The van der Waals surface area contributed by atoms with E-state index in [2.05, 4.69) is 6.07 Å². The zero-order valence-electron chi connectivity index (χ0n) is 13.0. The van der Waals surface area contributed by atoms with Crippen LogP contribution in [0.15, 0.2) is 46.7 Å². The summed E-state index contributed by atoms with van der Waals surface area (Å²) < 4.78 is 23.7. The van der Waals surface area contributed by atoms with Crippen molar-refractivity contribution in [2.24, 2.45) is 0 Å². The molecule has 3 rings (SSSR count). The zero-order valence-corrected chi connectivity index (χ0v) is 14.6. The van der Waals surface area contributed by atoms with Crippen molar-refractivity contribution in [3.05, 3.63) is 56.8 Å². The van der Waals surface area contributed by atoms with E-state index in [0.29, 0.717) is 18.8 Å². The summed E-state index contributed by atoms with van der Waals surface area (Å²) in [4.78, 5) is 13.7. The van der Waals surface area contributed by atoms with Crippen LogP contribution in [0.2, 0.25) is 0 Å². The lowest BCUT2D eigenvalue weighted by Crippen LogP contribution is -2.29. The van der Waals surface area contributed by atoms with Crippen molar-refractivity contribution in [3.63, 3.8) is 0 Å². The lowest BCUT2D eigenvalue weighted by Gasteiger charge is -2.28. The van der Waals surface area contributed by atoms with Gasteiger partial charge in [0.1, 0.15) is 10.6 Å². The summed E-state index contributed by atoms with van der Waals surface area (Å²) in [7, 11) is -3.67. The molecule has 8 heteroatoms. The number of rotatable bonds is 4. The summed E-state index contributed by atoms with van der Waals surface area (Å²) in [6.07, 6.45) is 3.80. The van der Waals surface area contributed by atoms with E-state index in [-0.39, 0.29) is 10.6 Å². The average Bonchev–Trinajstić information content (AvgIpc) is 3.08. The number of nitro groups is 1. The highest BCUT2D eigenvalue weighted by molar-refractivity contribution is 7.90. The van der Waals surface area contributed by atoms with Gasteiger partial charge in [-0.1, -0.05) is 18.2 Å². The molecule has 2 heterocycles. The van der Waals surface area contributed by atoms with Crippen molar-refractivity contribution in [2.75, 3.05) is 24.2 Å². The number of anilines is 1. The van der Waals surface area contributed by atoms with Gasteiger partial charge in [-0.15, -0.1) is 11.3 Å². The number of hydrogen-bond donors (Lipinski definition) is 0. The number of sulfone groups is 1. The monoisotopic (exact) mass is 364 g/mol. The van der Waals surface area contributed by atoms with E-state index in [4.69, 9.17) is 0 Å². The molecule has 126 valence electrons. The van der Waals surface area contributed by atoms with Gasteiger partial charge in [-0.2, -0.15) is 0 Å². The molecule has 0 saturated heterocycles. The van der Waals surface area contributed by atoms with Gasteiger partial charge in [0, 0.05) is 24.2 Å². The van der Waals surface area contributed by atoms with Crippen LogP contribution in [0.1, 0.15) is 11.3 Å². The minimum absolute atomic E-state index is 0.238. The van der Waals surface area contributed by atoms with Gasteiger partial charge in [0.15, 0.2) is 9.84 Å². The van der Waals surface area contributed by atoms with E-state index in [0.717, 1.165) is 12.7 Å². The Bertz CT molecular complexity index is 902. The van der Waals surface area contributed by atoms with Crippen molar-refractivity contribution in [1.82, 2.24) is 0 Å². The van der Waals surface area contributed by atoms with Gasteiger partial charge in [0.2, 0.25) is 0 Å². The maximum Gasteiger partial charge on any atom is 0.311 e. The first-order chi connectivity index (χ1) is 11.4. The van der Waals surface area contributed by atoms with Crippen LogP contribution in [0, 0.1) is 10.1 Å². The minimum Gasteiger partial charge on any atom is -0.362 e. The Hall–Kier alpha value is -2.19. The van der Waals surface area contributed by atoms with Gasteiger partial charge in [-0.3, -0.25) is 10.1 Å². The lowest BCUT2D eigenvalue weighted by atomic mass is 10.1.